The van der Waals surface area contributed by atoms with E-state index < -0.39 is 5.97 Å². The predicted molar refractivity (Wildman–Crippen MR) is 85.2 cm³/mol. The Balaban J connectivity index is 1.98. The van der Waals surface area contributed by atoms with Crippen LogP contribution in [0.1, 0.15) is 15.9 Å². The number of carbonyl (C=O) groups is 2. The molecule has 0 fully saturated rings. The Bertz CT molecular complexity index is 676. The molecular formula is C16H12BrNO3. The number of aromatic carboxylic acids is 1. The lowest BCUT2D eigenvalue weighted by Crippen LogP contribution is -2.08. The molecule has 2 aromatic carbocycles. The summed E-state index contributed by atoms with van der Waals surface area (Å²) in [5.74, 6) is -1.27. The summed E-state index contributed by atoms with van der Waals surface area (Å²) in [4.78, 5) is 22.5. The molecular weight excluding hydrogens is 334 g/mol. The zero-order valence-corrected chi connectivity index (χ0v) is 12.5. The minimum atomic E-state index is -0.997. The molecule has 0 bridgehead atoms. The summed E-state index contributed by atoms with van der Waals surface area (Å²) < 4.78 is 0.975. The van der Waals surface area contributed by atoms with Gasteiger partial charge in [-0.2, -0.15) is 0 Å². The SMILES string of the molecule is O=C(/C=C/c1ccc(Br)cc1)Nc1ccc(C(=O)O)cc1. The normalized spacial score (nSPS) is 10.5. The first-order chi connectivity index (χ1) is 10.0. The van der Waals surface area contributed by atoms with Crippen LogP contribution in [0, 0.1) is 0 Å². The van der Waals surface area contributed by atoms with Crippen molar-refractivity contribution in [1.29, 1.82) is 0 Å². The van der Waals surface area contributed by atoms with E-state index in [1.807, 2.05) is 24.3 Å². The molecule has 0 saturated carbocycles. The summed E-state index contributed by atoms with van der Waals surface area (Å²) in [6, 6.07) is 13.5. The highest BCUT2D eigenvalue weighted by Crippen LogP contribution is 2.12. The van der Waals surface area contributed by atoms with E-state index in [4.69, 9.17) is 5.11 Å². The van der Waals surface area contributed by atoms with E-state index in [1.165, 1.54) is 18.2 Å². The fourth-order valence-corrected chi connectivity index (χ4v) is 1.89. The van der Waals surface area contributed by atoms with Gasteiger partial charge in [-0.05, 0) is 48.0 Å². The van der Waals surface area contributed by atoms with Crippen LogP contribution in [0.15, 0.2) is 59.1 Å². The molecule has 0 unspecified atom stereocenters. The lowest BCUT2D eigenvalue weighted by molar-refractivity contribution is -0.111. The first kappa shape index (κ1) is 15.0. The molecule has 0 aliphatic carbocycles. The fourth-order valence-electron chi connectivity index (χ4n) is 1.63. The molecule has 0 spiro atoms. The number of benzene rings is 2. The molecule has 0 atom stereocenters. The van der Waals surface area contributed by atoms with Crippen LogP contribution in [0.25, 0.3) is 6.08 Å². The molecule has 1 amide bonds. The molecule has 2 N–H and O–H groups in total. The lowest BCUT2D eigenvalue weighted by Gasteiger charge is -2.02. The first-order valence-corrected chi connectivity index (χ1v) is 6.92. The van der Waals surface area contributed by atoms with Crippen LogP contribution >= 0.6 is 15.9 Å². The van der Waals surface area contributed by atoms with Gasteiger partial charge in [0.1, 0.15) is 0 Å². The summed E-state index contributed by atoms with van der Waals surface area (Å²) in [5, 5.41) is 11.4. The molecule has 106 valence electrons. The number of carbonyl (C=O) groups excluding carboxylic acids is 1. The van der Waals surface area contributed by atoms with Gasteiger partial charge >= 0.3 is 5.97 Å². The van der Waals surface area contributed by atoms with Crippen molar-refractivity contribution in [2.75, 3.05) is 5.32 Å². The van der Waals surface area contributed by atoms with Crippen molar-refractivity contribution in [2.24, 2.45) is 0 Å². The van der Waals surface area contributed by atoms with Gasteiger partial charge in [-0.25, -0.2) is 4.79 Å². The Hall–Kier alpha value is -2.40. The fraction of sp³-hybridized carbons (Fsp3) is 0. The van der Waals surface area contributed by atoms with Gasteiger partial charge in [0.05, 0.1) is 5.56 Å². The van der Waals surface area contributed by atoms with E-state index in [2.05, 4.69) is 21.2 Å². The summed E-state index contributed by atoms with van der Waals surface area (Å²) in [6.07, 6.45) is 3.13. The number of rotatable bonds is 4. The molecule has 0 aliphatic heterocycles. The van der Waals surface area contributed by atoms with E-state index >= 15 is 0 Å². The van der Waals surface area contributed by atoms with Gasteiger partial charge in [-0.1, -0.05) is 28.1 Å². The average Bonchev–Trinajstić information content (AvgIpc) is 2.47. The van der Waals surface area contributed by atoms with Crippen molar-refractivity contribution in [3.05, 3.63) is 70.2 Å². The van der Waals surface area contributed by atoms with E-state index in [-0.39, 0.29) is 11.5 Å². The molecule has 4 nitrogen and oxygen atoms in total. The van der Waals surface area contributed by atoms with Crippen molar-refractivity contribution in [2.45, 2.75) is 0 Å². The van der Waals surface area contributed by atoms with Gasteiger partial charge in [0, 0.05) is 16.2 Å². The maximum Gasteiger partial charge on any atom is 0.335 e. The van der Waals surface area contributed by atoms with Gasteiger partial charge in [0.2, 0.25) is 5.91 Å². The molecule has 0 aromatic heterocycles. The molecule has 5 heteroatoms. The van der Waals surface area contributed by atoms with Crippen LogP contribution in [-0.4, -0.2) is 17.0 Å². The zero-order valence-electron chi connectivity index (χ0n) is 10.9. The maximum atomic E-state index is 11.7. The van der Waals surface area contributed by atoms with E-state index in [0.29, 0.717) is 5.69 Å². The van der Waals surface area contributed by atoms with Gasteiger partial charge in [0.15, 0.2) is 0 Å². The van der Waals surface area contributed by atoms with E-state index in [9.17, 15) is 9.59 Å². The predicted octanol–water partition coefficient (Wildman–Crippen LogP) is 3.80. The Morgan fingerprint density at radius 2 is 1.62 bits per heavy atom. The summed E-state index contributed by atoms with van der Waals surface area (Å²) in [5.41, 5.74) is 1.64. The zero-order chi connectivity index (χ0) is 15.2. The van der Waals surface area contributed by atoms with Crippen molar-refractivity contribution < 1.29 is 14.7 Å². The second kappa shape index (κ2) is 6.85. The highest BCUT2D eigenvalue weighted by molar-refractivity contribution is 9.10. The molecule has 0 radical (unpaired) electrons. The number of hydrogen-bond acceptors (Lipinski definition) is 2. The Morgan fingerprint density at radius 1 is 1.00 bits per heavy atom. The highest BCUT2D eigenvalue weighted by Gasteiger charge is 2.02. The molecule has 2 rings (SSSR count). The largest absolute Gasteiger partial charge is 0.478 e. The monoisotopic (exact) mass is 345 g/mol. The third-order valence-corrected chi connectivity index (χ3v) is 3.23. The number of hydrogen-bond donors (Lipinski definition) is 2. The van der Waals surface area contributed by atoms with Crippen LogP contribution in [0.2, 0.25) is 0 Å². The third-order valence-electron chi connectivity index (χ3n) is 2.70. The minimum Gasteiger partial charge on any atom is -0.478 e. The summed E-state index contributed by atoms with van der Waals surface area (Å²) in [6.45, 7) is 0. The quantitative estimate of drug-likeness (QED) is 0.828. The molecule has 2 aromatic rings. The van der Waals surface area contributed by atoms with E-state index in [0.717, 1.165) is 10.0 Å². The topological polar surface area (TPSA) is 66.4 Å². The number of halogens is 1. The number of amides is 1. The van der Waals surface area contributed by atoms with Crippen LogP contribution < -0.4 is 5.32 Å². The smallest absolute Gasteiger partial charge is 0.335 e. The first-order valence-electron chi connectivity index (χ1n) is 6.12. The summed E-state index contributed by atoms with van der Waals surface area (Å²) >= 11 is 3.34. The number of anilines is 1. The third kappa shape index (κ3) is 4.57. The Labute approximate surface area is 130 Å². The molecule has 0 aliphatic rings. The van der Waals surface area contributed by atoms with Gasteiger partial charge in [-0.15, -0.1) is 0 Å². The highest BCUT2D eigenvalue weighted by atomic mass is 79.9. The van der Waals surface area contributed by atoms with Crippen molar-refractivity contribution in [1.82, 2.24) is 0 Å². The molecule has 21 heavy (non-hydrogen) atoms. The Kier molecular flexibility index (Phi) is 4.90. The maximum absolute atomic E-state index is 11.7. The minimum absolute atomic E-state index is 0.179. The van der Waals surface area contributed by atoms with Gasteiger partial charge in [0.25, 0.3) is 0 Å². The van der Waals surface area contributed by atoms with Gasteiger partial charge in [-0.3, -0.25) is 4.79 Å². The van der Waals surface area contributed by atoms with Crippen molar-refractivity contribution in [3.8, 4) is 0 Å². The second-order valence-corrected chi connectivity index (χ2v) is 5.17. The molecule has 0 saturated heterocycles. The second-order valence-electron chi connectivity index (χ2n) is 4.26. The van der Waals surface area contributed by atoms with Crippen LogP contribution in [0.3, 0.4) is 0 Å². The van der Waals surface area contributed by atoms with E-state index in [1.54, 1.807) is 18.2 Å². The standard InChI is InChI=1S/C16H12BrNO3/c17-13-6-1-11(2-7-13)3-10-15(19)18-14-8-4-12(5-9-14)16(20)21/h1-10H,(H,18,19)(H,20,21)/b10-3+. The summed E-state index contributed by atoms with van der Waals surface area (Å²) in [7, 11) is 0. The number of carboxylic acids is 1. The van der Waals surface area contributed by atoms with Crippen LogP contribution in [0.4, 0.5) is 5.69 Å². The molecule has 0 heterocycles. The average molecular weight is 346 g/mol. The Morgan fingerprint density at radius 3 is 2.19 bits per heavy atom. The lowest BCUT2D eigenvalue weighted by atomic mass is 10.2. The van der Waals surface area contributed by atoms with Crippen molar-refractivity contribution in [3.63, 3.8) is 0 Å². The van der Waals surface area contributed by atoms with Crippen LogP contribution in [0.5, 0.6) is 0 Å². The van der Waals surface area contributed by atoms with Crippen LogP contribution in [-0.2, 0) is 4.79 Å². The number of nitrogens with one attached hydrogen (secondary N) is 1. The van der Waals surface area contributed by atoms with Crippen molar-refractivity contribution >= 4 is 39.6 Å². The number of carboxylic acid groups (broad SMARTS) is 1. The van der Waals surface area contributed by atoms with Gasteiger partial charge < -0.3 is 10.4 Å².